The summed E-state index contributed by atoms with van der Waals surface area (Å²) in [5.74, 6) is 0. The van der Waals surface area contributed by atoms with Gasteiger partial charge in [-0.05, 0) is 12.5 Å². The molecule has 2 heteroatoms. The molecule has 0 aliphatic rings. The fourth-order valence-corrected chi connectivity index (χ4v) is 0.748. The van der Waals surface area contributed by atoms with Gasteiger partial charge in [0, 0.05) is 18.9 Å². The van der Waals surface area contributed by atoms with E-state index in [4.69, 9.17) is 0 Å². The van der Waals surface area contributed by atoms with Crippen molar-refractivity contribution in [3.63, 3.8) is 0 Å². The third-order valence-electron chi connectivity index (χ3n) is 1.28. The van der Waals surface area contributed by atoms with E-state index in [9.17, 15) is 0 Å². The summed E-state index contributed by atoms with van der Waals surface area (Å²) in [7, 11) is 1.96. The molecule has 1 aromatic rings. The van der Waals surface area contributed by atoms with E-state index in [2.05, 4.69) is 25.9 Å². The molecule has 0 atom stereocenters. The Bertz CT molecular complexity index is 179. The van der Waals surface area contributed by atoms with E-state index in [1.165, 1.54) is 12.1 Å². The number of rotatable bonds is 1. The first-order valence-electron chi connectivity index (χ1n) is 4.23. The molecular weight excluding hydrogens is 136 g/mol. The first kappa shape index (κ1) is 10.2. The smallest absolute Gasteiger partial charge is 0.0492 e. The summed E-state index contributed by atoms with van der Waals surface area (Å²) in [6.45, 7) is 6.37. The van der Waals surface area contributed by atoms with E-state index in [1.54, 1.807) is 0 Å². The third-order valence-corrected chi connectivity index (χ3v) is 1.28. The topological polar surface area (TPSA) is 17.8 Å². The molecule has 0 bridgehead atoms. The van der Waals surface area contributed by atoms with Crippen LogP contribution in [0.3, 0.4) is 0 Å². The lowest BCUT2D eigenvalue weighted by Crippen LogP contribution is -1.94. The highest BCUT2D eigenvalue weighted by molar-refractivity contribution is 4.98. The van der Waals surface area contributed by atoms with Crippen molar-refractivity contribution in [2.75, 3.05) is 0 Å². The number of hydrogen-bond donors (Lipinski definition) is 0. The van der Waals surface area contributed by atoms with Crippen LogP contribution in [0.5, 0.6) is 0 Å². The molecule has 0 spiro atoms. The maximum atomic E-state index is 4.00. The lowest BCUT2D eigenvalue weighted by molar-refractivity contribution is 0.718. The Balaban J connectivity index is 0.000000292. The number of aromatic nitrogens is 2. The van der Waals surface area contributed by atoms with Crippen LogP contribution < -0.4 is 0 Å². The summed E-state index contributed by atoms with van der Waals surface area (Å²) >= 11 is 0. The average molecular weight is 154 g/mol. The molecule has 1 rings (SSSR count). The molecule has 0 aliphatic heterocycles. The Morgan fingerprint density at radius 2 is 1.91 bits per heavy atom. The summed E-state index contributed by atoms with van der Waals surface area (Å²) in [5.41, 5.74) is 1.28. The standard InChI is InChI=1S/C6H10N2.C3H8/c1-3-6-4-5-7-8(6)2;1-3-2/h4-5H,3H2,1-2H3;3H2,1-2H3. The predicted molar refractivity (Wildman–Crippen MR) is 48.6 cm³/mol. The zero-order valence-electron chi connectivity index (χ0n) is 7.96. The van der Waals surface area contributed by atoms with E-state index in [0.717, 1.165) is 6.42 Å². The maximum Gasteiger partial charge on any atom is 0.0492 e. The van der Waals surface area contributed by atoms with Crippen LogP contribution in [0.25, 0.3) is 0 Å². The van der Waals surface area contributed by atoms with E-state index < -0.39 is 0 Å². The van der Waals surface area contributed by atoms with Crippen LogP contribution in [0.15, 0.2) is 12.3 Å². The first-order chi connectivity index (χ1) is 5.26. The van der Waals surface area contributed by atoms with Crippen molar-refractivity contribution >= 4 is 0 Å². The van der Waals surface area contributed by atoms with Crippen LogP contribution in [-0.4, -0.2) is 9.78 Å². The van der Waals surface area contributed by atoms with Gasteiger partial charge in [0.25, 0.3) is 0 Å². The second-order valence-corrected chi connectivity index (χ2v) is 2.51. The van der Waals surface area contributed by atoms with E-state index in [0.29, 0.717) is 0 Å². The maximum absolute atomic E-state index is 4.00. The van der Waals surface area contributed by atoms with Gasteiger partial charge in [-0.25, -0.2) is 0 Å². The molecule has 1 aromatic heterocycles. The normalized spacial score (nSPS) is 8.73. The molecule has 11 heavy (non-hydrogen) atoms. The second-order valence-electron chi connectivity index (χ2n) is 2.51. The van der Waals surface area contributed by atoms with Crippen LogP contribution in [0.2, 0.25) is 0 Å². The molecule has 0 saturated heterocycles. The molecule has 0 fully saturated rings. The summed E-state index contributed by atoms with van der Waals surface area (Å²) < 4.78 is 1.89. The largest absolute Gasteiger partial charge is 0.273 e. The van der Waals surface area contributed by atoms with Crippen molar-refractivity contribution in [3.8, 4) is 0 Å². The molecule has 1 heterocycles. The van der Waals surface area contributed by atoms with Gasteiger partial charge in [0.1, 0.15) is 0 Å². The summed E-state index contributed by atoms with van der Waals surface area (Å²) in [5, 5.41) is 4.00. The zero-order chi connectivity index (χ0) is 8.69. The van der Waals surface area contributed by atoms with Gasteiger partial charge in [0.05, 0.1) is 0 Å². The lowest BCUT2D eigenvalue weighted by atomic mass is 10.3. The van der Waals surface area contributed by atoms with E-state index >= 15 is 0 Å². The molecule has 64 valence electrons. The van der Waals surface area contributed by atoms with Crippen molar-refractivity contribution in [2.45, 2.75) is 33.6 Å². The zero-order valence-corrected chi connectivity index (χ0v) is 7.96. The van der Waals surface area contributed by atoms with Gasteiger partial charge < -0.3 is 0 Å². The lowest BCUT2D eigenvalue weighted by Gasteiger charge is -1.92. The van der Waals surface area contributed by atoms with Crippen molar-refractivity contribution in [2.24, 2.45) is 7.05 Å². The summed E-state index contributed by atoms with van der Waals surface area (Å²) in [4.78, 5) is 0. The first-order valence-corrected chi connectivity index (χ1v) is 4.23. The Morgan fingerprint density at radius 1 is 1.36 bits per heavy atom. The molecule has 0 N–H and O–H groups in total. The van der Waals surface area contributed by atoms with E-state index in [1.807, 2.05) is 24.0 Å². The van der Waals surface area contributed by atoms with Gasteiger partial charge in [-0.2, -0.15) is 5.10 Å². The van der Waals surface area contributed by atoms with Crippen LogP contribution in [0.4, 0.5) is 0 Å². The van der Waals surface area contributed by atoms with Crippen molar-refractivity contribution in [3.05, 3.63) is 18.0 Å². The monoisotopic (exact) mass is 154 g/mol. The molecule has 0 unspecified atom stereocenters. The fraction of sp³-hybridized carbons (Fsp3) is 0.667. The van der Waals surface area contributed by atoms with Crippen LogP contribution >= 0.6 is 0 Å². The molecule has 0 radical (unpaired) electrons. The Morgan fingerprint density at radius 3 is 2.09 bits per heavy atom. The molecule has 0 aromatic carbocycles. The Labute approximate surface area is 69.2 Å². The van der Waals surface area contributed by atoms with Gasteiger partial charge in [0.15, 0.2) is 0 Å². The molecule has 0 saturated carbocycles. The van der Waals surface area contributed by atoms with Crippen molar-refractivity contribution in [1.82, 2.24) is 9.78 Å². The highest BCUT2D eigenvalue weighted by Crippen LogP contribution is 1.94. The summed E-state index contributed by atoms with van der Waals surface area (Å²) in [6.07, 6.45) is 4.13. The van der Waals surface area contributed by atoms with Gasteiger partial charge in [0.2, 0.25) is 0 Å². The Kier molecular flexibility index (Phi) is 5.53. The summed E-state index contributed by atoms with van der Waals surface area (Å²) in [6, 6.07) is 2.03. The van der Waals surface area contributed by atoms with Gasteiger partial charge in [-0.15, -0.1) is 0 Å². The second kappa shape index (κ2) is 5.96. The van der Waals surface area contributed by atoms with E-state index in [-0.39, 0.29) is 0 Å². The number of nitrogens with zero attached hydrogens (tertiary/aromatic N) is 2. The minimum absolute atomic E-state index is 1.07. The van der Waals surface area contributed by atoms with Crippen LogP contribution in [0.1, 0.15) is 32.9 Å². The minimum Gasteiger partial charge on any atom is -0.273 e. The molecule has 0 aliphatic carbocycles. The fourth-order valence-electron chi connectivity index (χ4n) is 0.748. The van der Waals surface area contributed by atoms with Crippen LogP contribution in [0, 0.1) is 0 Å². The molecular formula is C9H18N2. The predicted octanol–water partition coefficient (Wildman–Crippen LogP) is 2.40. The highest BCUT2D eigenvalue weighted by atomic mass is 15.2. The Hall–Kier alpha value is -0.790. The third kappa shape index (κ3) is 3.81. The van der Waals surface area contributed by atoms with Gasteiger partial charge in [-0.1, -0.05) is 27.2 Å². The van der Waals surface area contributed by atoms with Crippen molar-refractivity contribution < 1.29 is 0 Å². The van der Waals surface area contributed by atoms with Gasteiger partial charge >= 0.3 is 0 Å². The SMILES string of the molecule is CCC.CCc1ccnn1C. The van der Waals surface area contributed by atoms with Crippen LogP contribution in [-0.2, 0) is 13.5 Å². The highest BCUT2D eigenvalue weighted by Gasteiger charge is 1.90. The number of aryl methyl sites for hydroxylation is 2. The minimum atomic E-state index is 1.07. The van der Waals surface area contributed by atoms with Crippen molar-refractivity contribution in [1.29, 1.82) is 0 Å². The molecule has 0 amide bonds. The van der Waals surface area contributed by atoms with Gasteiger partial charge in [-0.3, -0.25) is 4.68 Å². The average Bonchev–Trinajstić information content (AvgIpc) is 2.36. The number of hydrogen-bond acceptors (Lipinski definition) is 1. The molecule has 2 nitrogen and oxygen atoms in total. The quantitative estimate of drug-likeness (QED) is 0.607.